The Morgan fingerprint density at radius 3 is 2.19 bits per heavy atom. The molecule has 1 saturated carbocycles. The minimum atomic E-state index is -0.417. The van der Waals surface area contributed by atoms with Crippen LogP contribution in [0.5, 0.6) is 0 Å². The zero-order valence-corrected chi connectivity index (χ0v) is 16.5. The molecule has 0 radical (unpaired) electrons. The van der Waals surface area contributed by atoms with Crippen LogP contribution in [-0.4, -0.2) is 12.8 Å². The molecule has 1 atom stereocenters. The molecule has 2 heteroatoms. The first-order chi connectivity index (χ1) is 12.2. The van der Waals surface area contributed by atoms with E-state index < -0.39 is 5.41 Å². The summed E-state index contributed by atoms with van der Waals surface area (Å²) in [7, 11) is 2.00. The first-order valence-corrected chi connectivity index (χ1v) is 9.36. The van der Waals surface area contributed by atoms with Gasteiger partial charge in [0.15, 0.2) is 5.78 Å². The summed E-state index contributed by atoms with van der Waals surface area (Å²) in [6, 6.07) is 18.8. The number of carbonyl (C=O) groups is 1. The number of nitrogens with zero attached hydrogens (tertiary/aromatic N) is 1. The van der Waals surface area contributed by atoms with Crippen molar-refractivity contribution in [3.05, 3.63) is 77.5 Å². The molecule has 136 valence electrons. The molecule has 0 bridgehead atoms. The van der Waals surface area contributed by atoms with Gasteiger partial charge in [0.05, 0.1) is 5.41 Å². The van der Waals surface area contributed by atoms with E-state index in [-0.39, 0.29) is 11.2 Å². The largest absolute Gasteiger partial charge is 0.351 e. The van der Waals surface area contributed by atoms with E-state index in [1.807, 2.05) is 36.3 Å². The average molecular weight is 348 g/mol. The van der Waals surface area contributed by atoms with Gasteiger partial charge in [-0.1, -0.05) is 63.2 Å². The number of para-hydroxylation sites is 1. The second-order valence-electron chi connectivity index (χ2n) is 8.59. The maximum Gasteiger partial charge on any atom is 0.170 e. The summed E-state index contributed by atoms with van der Waals surface area (Å²) < 4.78 is 0. The van der Waals surface area contributed by atoms with Gasteiger partial charge in [-0.2, -0.15) is 0 Å². The molecule has 0 N–H and O–H groups in total. The quantitative estimate of drug-likeness (QED) is 0.671. The highest BCUT2D eigenvalue weighted by Crippen LogP contribution is 2.41. The molecule has 0 aliphatic heterocycles. The topological polar surface area (TPSA) is 20.3 Å². The molecule has 1 aliphatic rings. The number of allylic oxidation sites excluding steroid dienone is 1. The lowest BCUT2D eigenvalue weighted by molar-refractivity contribution is -0.118. The Morgan fingerprint density at radius 1 is 1.00 bits per heavy atom. The summed E-state index contributed by atoms with van der Waals surface area (Å²) >= 11 is 0. The van der Waals surface area contributed by atoms with Gasteiger partial charge in [-0.3, -0.25) is 4.79 Å². The second-order valence-corrected chi connectivity index (χ2v) is 8.59. The van der Waals surface area contributed by atoms with Crippen LogP contribution in [0, 0.1) is 0 Å². The van der Waals surface area contributed by atoms with E-state index >= 15 is 0 Å². The monoisotopic (exact) mass is 347 g/mol. The van der Waals surface area contributed by atoms with Crippen molar-refractivity contribution in [1.29, 1.82) is 0 Å². The van der Waals surface area contributed by atoms with Gasteiger partial charge >= 0.3 is 0 Å². The summed E-state index contributed by atoms with van der Waals surface area (Å²) in [6.07, 6.45) is 3.70. The fourth-order valence-electron chi connectivity index (χ4n) is 3.67. The first-order valence-electron chi connectivity index (χ1n) is 9.36. The number of anilines is 1. The van der Waals surface area contributed by atoms with Crippen LogP contribution in [0.1, 0.15) is 51.7 Å². The number of ketones is 1. The molecule has 0 aromatic heterocycles. The zero-order valence-electron chi connectivity index (χ0n) is 16.5. The van der Waals surface area contributed by atoms with Crippen molar-refractivity contribution in [1.82, 2.24) is 0 Å². The van der Waals surface area contributed by atoms with E-state index in [1.54, 1.807) is 0 Å². The molecular weight excluding hydrogens is 318 g/mol. The van der Waals surface area contributed by atoms with Crippen molar-refractivity contribution in [2.75, 3.05) is 11.9 Å². The number of hydrogen-bond acceptors (Lipinski definition) is 2. The third-order valence-electron chi connectivity index (χ3n) is 5.59. The van der Waals surface area contributed by atoms with Crippen LogP contribution in [0.25, 0.3) is 0 Å². The number of carbonyl (C=O) groups excluding carboxylic acids is 1. The molecule has 3 rings (SSSR count). The Hall–Kier alpha value is -2.35. The van der Waals surface area contributed by atoms with E-state index in [9.17, 15) is 4.79 Å². The van der Waals surface area contributed by atoms with Crippen LogP contribution < -0.4 is 4.90 Å². The summed E-state index contributed by atoms with van der Waals surface area (Å²) in [4.78, 5) is 15.2. The molecule has 26 heavy (non-hydrogen) atoms. The molecular formula is C24H29NO. The van der Waals surface area contributed by atoms with Crippen LogP contribution in [0.2, 0.25) is 0 Å². The molecule has 2 aromatic rings. The van der Waals surface area contributed by atoms with Crippen LogP contribution in [0.15, 0.2) is 66.4 Å². The van der Waals surface area contributed by atoms with E-state index in [0.717, 1.165) is 29.7 Å². The normalized spacial score (nSPS) is 22.0. The SMILES string of the molecule is CN(/C=C1\CC[C@](C)(c2ccc(C(C)(C)C)cc2)C1=O)c1ccccc1. The lowest BCUT2D eigenvalue weighted by Crippen LogP contribution is -2.28. The van der Waals surface area contributed by atoms with Crippen molar-refractivity contribution < 1.29 is 4.79 Å². The van der Waals surface area contributed by atoms with Crippen LogP contribution in [0.3, 0.4) is 0 Å². The Kier molecular flexibility index (Phi) is 4.79. The fourth-order valence-corrected chi connectivity index (χ4v) is 3.67. The zero-order chi connectivity index (χ0) is 18.9. The molecule has 0 unspecified atom stereocenters. The van der Waals surface area contributed by atoms with Crippen LogP contribution >= 0.6 is 0 Å². The first kappa shape index (κ1) is 18.4. The van der Waals surface area contributed by atoms with Gasteiger partial charge in [0.1, 0.15) is 0 Å². The Labute approximate surface area is 157 Å². The molecule has 0 amide bonds. The maximum absolute atomic E-state index is 13.2. The standard InChI is InChI=1S/C24H29NO/c1-23(2,3)19-11-13-20(14-12-19)24(4)16-15-18(22(24)26)17-25(5)21-9-7-6-8-10-21/h6-14,17H,15-16H2,1-5H3/b18-17+/t24-/m1/s1. The van der Waals surface area contributed by atoms with Crippen molar-refractivity contribution in [3.63, 3.8) is 0 Å². The smallest absolute Gasteiger partial charge is 0.170 e. The van der Waals surface area contributed by atoms with Gasteiger partial charge in [0.2, 0.25) is 0 Å². The highest BCUT2D eigenvalue weighted by Gasteiger charge is 2.42. The van der Waals surface area contributed by atoms with E-state index in [4.69, 9.17) is 0 Å². The Balaban J connectivity index is 1.84. The highest BCUT2D eigenvalue weighted by atomic mass is 16.1. The summed E-state index contributed by atoms with van der Waals surface area (Å²) in [5.74, 6) is 0.254. The molecule has 0 heterocycles. The van der Waals surface area contributed by atoms with Crippen molar-refractivity contribution in [2.45, 2.75) is 51.4 Å². The van der Waals surface area contributed by atoms with Crippen LogP contribution in [0.4, 0.5) is 5.69 Å². The Morgan fingerprint density at radius 2 is 1.62 bits per heavy atom. The maximum atomic E-state index is 13.2. The summed E-state index contributed by atoms with van der Waals surface area (Å²) in [5.41, 5.74) is 4.15. The summed E-state index contributed by atoms with van der Waals surface area (Å²) in [5, 5.41) is 0. The predicted molar refractivity (Wildman–Crippen MR) is 110 cm³/mol. The minimum absolute atomic E-state index is 0.128. The predicted octanol–water partition coefficient (Wildman–Crippen LogP) is 5.63. The highest BCUT2D eigenvalue weighted by molar-refractivity contribution is 6.05. The van der Waals surface area contributed by atoms with E-state index in [2.05, 4.69) is 64.1 Å². The van der Waals surface area contributed by atoms with Gasteiger partial charge in [0, 0.05) is 24.5 Å². The molecule has 0 saturated heterocycles. The molecule has 0 spiro atoms. The number of benzene rings is 2. The Bertz CT molecular complexity index is 812. The molecule has 2 nitrogen and oxygen atoms in total. The van der Waals surface area contributed by atoms with Gasteiger partial charge in [0.25, 0.3) is 0 Å². The number of hydrogen-bond donors (Lipinski definition) is 0. The third-order valence-corrected chi connectivity index (χ3v) is 5.59. The van der Waals surface area contributed by atoms with Gasteiger partial charge in [-0.15, -0.1) is 0 Å². The van der Waals surface area contributed by atoms with Gasteiger partial charge in [-0.05, 0) is 48.4 Å². The fraction of sp³-hybridized carbons (Fsp3) is 0.375. The molecule has 1 fully saturated rings. The average Bonchev–Trinajstić information content (AvgIpc) is 2.91. The van der Waals surface area contributed by atoms with Crippen molar-refractivity contribution >= 4 is 11.5 Å². The second kappa shape index (κ2) is 6.75. The van der Waals surface area contributed by atoms with Gasteiger partial charge < -0.3 is 4.90 Å². The van der Waals surface area contributed by atoms with Crippen LogP contribution in [-0.2, 0) is 15.6 Å². The number of rotatable bonds is 3. The lowest BCUT2D eigenvalue weighted by Gasteiger charge is -2.25. The molecule has 2 aromatic carbocycles. The summed E-state index contributed by atoms with van der Waals surface area (Å²) in [6.45, 7) is 8.73. The van der Waals surface area contributed by atoms with E-state index in [1.165, 1.54) is 5.56 Å². The van der Waals surface area contributed by atoms with Crippen molar-refractivity contribution in [2.24, 2.45) is 0 Å². The van der Waals surface area contributed by atoms with Crippen molar-refractivity contribution in [3.8, 4) is 0 Å². The van der Waals surface area contributed by atoms with Gasteiger partial charge in [-0.25, -0.2) is 0 Å². The molecule has 1 aliphatic carbocycles. The lowest BCUT2D eigenvalue weighted by atomic mass is 9.78. The minimum Gasteiger partial charge on any atom is -0.351 e. The third kappa shape index (κ3) is 3.46. The van der Waals surface area contributed by atoms with E-state index in [0.29, 0.717) is 0 Å². The number of Topliss-reactive ketones (excluding diaryl/α,β-unsaturated/α-hetero) is 1.